The van der Waals surface area contributed by atoms with Gasteiger partial charge in [0.15, 0.2) is 6.10 Å². The predicted molar refractivity (Wildman–Crippen MR) is 87.7 cm³/mol. The van der Waals surface area contributed by atoms with Gasteiger partial charge in [0.2, 0.25) is 0 Å². The number of carbonyl (C=O) groups excluding carboxylic acids is 1. The molecule has 0 spiro atoms. The lowest BCUT2D eigenvalue weighted by molar-refractivity contribution is -0.152. The summed E-state index contributed by atoms with van der Waals surface area (Å²) >= 11 is 6.08. The van der Waals surface area contributed by atoms with E-state index in [2.05, 4.69) is 0 Å². The molecule has 1 aromatic carbocycles. The van der Waals surface area contributed by atoms with Crippen molar-refractivity contribution in [2.75, 3.05) is 6.54 Å². The Morgan fingerprint density at radius 3 is 2.74 bits per heavy atom. The SMILES string of the molecule is CCC(Oc1ccccc1Cl)C(=O)N1CCC[C@H](C(=O)O)[C@@H]1C. The molecule has 1 saturated heterocycles. The van der Waals surface area contributed by atoms with E-state index < -0.39 is 18.0 Å². The van der Waals surface area contributed by atoms with Gasteiger partial charge >= 0.3 is 5.97 Å². The number of halogens is 1. The van der Waals surface area contributed by atoms with E-state index in [1.165, 1.54) is 0 Å². The fourth-order valence-electron chi connectivity index (χ4n) is 2.97. The maximum atomic E-state index is 12.8. The van der Waals surface area contributed by atoms with Crippen LogP contribution in [-0.2, 0) is 9.59 Å². The molecule has 3 atom stereocenters. The molecule has 1 N–H and O–H groups in total. The fraction of sp³-hybridized carbons (Fsp3) is 0.529. The molecule has 1 fully saturated rings. The number of benzene rings is 1. The summed E-state index contributed by atoms with van der Waals surface area (Å²) < 4.78 is 5.78. The quantitative estimate of drug-likeness (QED) is 0.894. The number of piperidine rings is 1. The molecule has 5 nitrogen and oxygen atoms in total. The first-order valence-electron chi connectivity index (χ1n) is 7.90. The van der Waals surface area contributed by atoms with Gasteiger partial charge in [-0.05, 0) is 38.3 Å². The molecule has 1 unspecified atom stereocenters. The Kier molecular flexibility index (Phi) is 5.88. The number of carboxylic acid groups (broad SMARTS) is 1. The van der Waals surface area contributed by atoms with E-state index in [-0.39, 0.29) is 11.9 Å². The van der Waals surface area contributed by atoms with Gasteiger partial charge in [-0.1, -0.05) is 30.7 Å². The zero-order valence-electron chi connectivity index (χ0n) is 13.4. The van der Waals surface area contributed by atoms with Crippen LogP contribution in [0.1, 0.15) is 33.1 Å². The van der Waals surface area contributed by atoms with Crippen molar-refractivity contribution < 1.29 is 19.4 Å². The average molecular weight is 340 g/mol. The average Bonchev–Trinajstić information content (AvgIpc) is 2.53. The summed E-state index contributed by atoms with van der Waals surface area (Å²) in [6.45, 7) is 4.22. The van der Waals surface area contributed by atoms with Crippen molar-refractivity contribution >= 4 is 23.5 Å². The lowest BCUT2D eigenvalue weighted by Crippen LogP contribution is -2.53. The van der Waals surface area contributed by atoms with Crippen LogP contribution < -0.4 is 4.74 Å². The van der Waals surface area contributed by atoms with Gasteiger partial charge in [0, 0.05) is 12.6 Å². The van der Waals surface area contributed by atoms with Crippen LogP contribution in [-0.4, -0.2) is 40.6 Å². The predicted octanol–water partition coefficient (Wildman–Crippen LogP) is 3.21. The highest BCUT2D eigenvalue weighted by Crippen LogP contribution is 2.28. The van der Waals surface area contributed by atoms with Crippen molar-refractivity contribution in [2.24, 2.45) is 5.92 Å². The minimum atomic E-state index is -0.852. The van der Waals surface area contributed by atoms with Gasteiger partial charge in [0.1, 0.15) is 5.75 Å². The van der Waals surface area contributed by atoms with Crippen LogP contribution in [0.25, 0.3) is 0 Å². The summed E-state index contributed by atoms with van der Waals surface area (Å²) in [7, 11) is 0. The molecule has 126 valence electrons. The normalized spacial score (nSPS) is 22.5. The third-order valence-electron chi connectivity index (χ3n) is 4.34. The molecule has 2 rings (SSSR count). The number of carbonyl (C=O) groups is 2. The van der Waals surface area contributed by atoms with E-state index in [1.54, 1.807) is 36.1 Å². The van der Waals surface area contributed by atoms with Crippen LogP contribution in [0.5, 0.6) is 5.75 Å². The second-order valence-corrected chi connectivity index (χ2v) is 6.21. The number of hydrogen-bond donors (Lipinski definition) is 1. The molecule has 1 aliphatic rings. The Morgan fingerprint density at radius 1 is 1.43 bits per heavy atom. The number of likely N-dealkylation sites (tertiary alicyclic amines) is 1. The van der Waals surface area contributed by atoms with Crippen LogP contribution in [0.15, 0.2) is 24.3 Å². The first-order chi connectivity index (χ1) is 11.0. The largest absolute Gasteiger partial charge is 0.481 e. The molecule has 1 aromatic rings. The Morgan fingerprint density at radius 2 is 2.13 bits per heavy atom. The molecule has 1 aliphatic heterocycles. The number of hydrogen-bond acceptors (Lipinski definition) is 3. The second-order valence-electron chi connectivity index (χ2n) is 5.80. The van der Waals surface area contributed by atoms with Crippen molar-refractivity contribution in [3.05, 3.63) is 29.3 Å². The van der Waals surface area contributed by atoms with E-state index in [9.17, 15) is 14.7 Å². The zero-order valence-corrected chi connectivity index (χ0v) is 14.1. The van der Waals surface area contributed by atoms with Crippen molar-refractivity contribution in [3.63, 3.8) is 0 Å². The van der Waals surface area contributed by atoms with Gasteiger partial charge in [-0.15, -0.1) is 0 Å². The van der Waals surface area contributed by atoms with Crippen molar-refractivity contribution in [1.82, 2.24) is 4.90 Å². The Labute approximate surface area is 141 Å². The van der Waals surface area contributed by atoms with E-state index in [0.717, 1.165) is 0 Å². The molecule has 23 heavy (non-hydrogen) atoms. The van der Waals surface area contributed by atoms with Gasteiger partial charge in [-0.3, -0.25) is 9.59 Å². The molecule has 1 amide bonds. The zero-order chi connectivity index (χ0) is 17.0. The number of para-hydroxylation sites is 1. The fourth-order valence-corrected chi connectivity index (χ4v) is 3.15. The minimum Gasteiger partial charge on any atom is -0.481 e. The summed E-state index contributed by atoms with van der Waals surface area (Å²) in [4.78, 5) is 25.7. The highest BCUT2D eigenvalue weighted by molar-refractivity contribution is 6.32. The highest BCUT2D eigenvalue weighted by atomic mass is 35.5. The molecule has 0 saturated carbocycles. The molecule has 0 bridgehead atoms. The van der Waals surface area contributed by atoms with Crippen molar-refractivity contribution in [2.45, 2.75) is 45.3 Å². The summed E-state index contributed by atoms with van der Waals surface area (Å²) in [5.41, 5.74) is 0. The maximum Gasteiger partial charge on any atom is 0.308 e. The number of aliphatic carboxylic acids is 1. The van der Waals surface area contributed by atoms with Crippen LogP contribution in [0.4, 0.5) is 0 Å². The lowest BCUT2D eigenvalue weighted by Gasteiger charge is -2.39. The Balaban J connectivity index is 2.13. The molecule has 0 aromatic heterocycles. The van der Waals surface area contributed by atoms with Gasteiger partial charge < -0.3 is 14.7 Å². The van der Waals surface area contributed by atoms with Crippen LogP contribution in [0, 0.1) is 5.92 Å². The number of ether oxygens (including phenoxy) is 1. The van der Waals surface area contributed by atoms with Crippen molar-refractivity contribution in [3.8, 4) is 5.75 Å². The maximum absolute atomic E-state index is 12.8. The minimum absolute atomic E-state index is 0.175. The topological polar surface area (TPSA) is 66.8 Å². The first kappa shape index (κ1) is 17.6. The first-order valence-corrected chi connectivity index (χ1v) is 8.28. The Bertz CT molecular complexity index is 577. The van der Waals surface area contributed by atoms with Gasteiger partial charge in [-0.25, -0.2) is 0 Å². The molecular weight excluding hydrogens is 318 g/mol. The van der Waals surface area contributed by atoms with Crippen molar-refractivity contribution in [1.29, 1.82) is 0 Å². The summed E-state index contributed by atoms with van der Waals surface area (Å²) in [6.07, 6.45) is 1.12. The van der Waals surface area contributed by atoms with Crippen LogP contribution in [0.2, 0.25) is 5.02 Å². The molecular formula is C17H22ClNO4. The smallest absolute Gasteiger partial charge is 0.308 e. The van der Waals surface area contributed by atoms with Gasteiger partial charge in [-0.2, -0.15) is 0 Å². The number of carboxylic acids is 1. The summed E-state index contributed by atoms with van der Waals surface area (Å²) in [5.74, 6) is -1.08. The van der Waals surface area contributed by atoms with Gasteiger partial charge in [0.05, 0.1) is 10.9 Å². The lowest BCUT2D eigenvalue weighted by atomic mass is 9.90. The molecule has 0 aliphatic carbocycles. The second kappa shape index (κ2) is 7.68. The third-order valence-corrected chi connectivity index (χ3v) is 4.65. The number of rotatable bonds is 5. The summed E-state index contributed by atoms with van der Waals surface area (Å²) in [5, 5.41) is 9.74. The van der Waals surface area contributed by atoms with Gasteiger partial charge in [0.25, 0.3) is 5.91 Å². The van der Waals surface area contributed by atoms with Crippen LogP contribution in [0.3, 0.4) is 0 Å². The molecule has 6 heteroatoms. The van der Waals surface area contributed by atoms with E-state index in [4.69, 9.17) is 16.3 Å². The monoisotopic (exact) mass is 339 g/mol. The van der Waals surface area contributed by atoms with E-state index in [0.29, 0.717) is 36.6 Å². The number of amides is 1. The third kappa shape index (κ3) is 3.96. The highest BCUT2D eigenvalue weighted by Gasteiger charge is 2.38. The molecule has 0 radical (unpaired) electrons. The van der Waals surface area contributed by atoms with E-state index >= 15 is 0 Å². The molecule has 1 heterocycles. The number of nitrogens with zero attached hydrogens (tertiary/aromatic N) is 1. The van der Waals surface area contributed by atoms with E-state index in [1.807, 2.05) is 6.92 Å². The summed E-state index contributed by atoms with van der Waals surface area (Å²) in [6, 6.07) is 6.68. The standard InChI is InChI=1S/C17H22ClNO4/c1-3-14(23-15-9-5-4-8-13(15)18)16(20)19-10-6-7-12(11(19)2)17(21)22/h4-5,8-9,11-12,14H,3,6-7,10H2,1-2H3,(H,21,22)/t11-,12-,14?/m0/s1. The Hall–Kier alpha value is -1.75. The van der Waals surface area contributed by atoms with Crippen LogP contribution >= 0.6 is 11.6 Å².